The van der Waals surface area contributed by atoms with Gasteiger partial charge < -0.3 is 5.32 Å². The van der Waals surface area contributed by atoms with Crippen molar-refractivity contribution in [1.82, 2.24) is 5.32 Å². The van der Waals surface area contributed by atoms with Gasteiger partial charge in [-0.25, -0.2) is 4.39 Å². The Kier molecular flexibility index (Phi) is 6.34. The Hall–Kier alpha value is -0.890. The first kappa shape index (κ1) is 15.2. The second kappa shape index (κ2) is 7.52. The highest BCUT2D eigenvalue weighted by Crippen LogP contribution is 2.18. The van der Waals surface area contributed by atoms with Crippen LogP contribution in [0, 0.1) is 11.7 Å². The van der Waals surface area contributed by atoms with Gasteiger partial charge in [-0.1, -0.05) is 39.3 Å². The van der Waals surface area contributed by atoms with Gasteiger partial charge >= 0.3 is 0 Å². The molecular weight excluding hydrogens is 225 g/mol. The van der Waals surface area contributed by atoms with Gasteiger partial charge in [0.15, 0.2) is 0 Å². The summed E-state index contributed by atoms with van der Waals surface area (Å²) in [5, 5.41) is 3.61. The lowest BCUT2D eigenvalue weighted by atomic mass is 9.96. The molecule has 1 aromatic carbocycles. The van der Waals surface area contributed by atoms with Crippen LogP contribution in [0.3, 0.4) is 0 Å². The first-order valence-corrected chi connectivity index (χ1v) is 7.08. The van der Waals surface area contributed by atoms with E-state index in [1.807, 2.05) is 6.07 Å². The summed E-state index contributed by atoms with van der Waals surface area (Å²) >= 11 is 0. The molecule has 0 fully saturated rings. The SMILES string of the molecule is CCC(C)CC(CC)N[C@H](C)c1cccc(F)c1. The predicted octanol–water partition coefficient (Wildman–Crippen LogP) is 4.69. The van der Waals surface area contributed by atoms with Gasteiger partial charge in [-0.15, -0.1) is 0 Å². The van der Waals surface area contributed by atoms with Crippen LogP contribution in [0.1, 0.15) is 58.6 Å². The molecule has 0 aromatic heterocycles. The fourth-order valence-corrected chi connectivity index (χ4v) is 2.23. The first-order chi connectivity index (χ1) is 8.56. The van der Waals surface area contributed by atoms with Crippen LogP contribution in [-0.2, 0) is 0 Å². The van der Waals surface area contributed by atoms with E-state index in [2.05, 4.69) is 33.0 Å². The maximum Gasteiger partial charge on any atom is 0.123 e. The van der Waals surface area contributed by atoms with Crippen LogP contribution in [0.2, 0.25) is 0 Å². The normalized spacial score (nSPS) is 16.3. The standard InChI is InChI=1S/C16H26FN/c1-5-12(3)10-16(6-2)18-13(4)14-8-7-9-15(17)11-14/h7-9,11-13,16,18H,5-6,10H2,1-4H3/t12?,13-,16?/m1/s1. The first-order valence-electron chi connectivity index (χ1n) is 7.08. The molecule has 0 aliphatic rings. The Morgan fingerprint density at radius 2 is 1.89 bits per heavy atom. The zero-order valence-corrected chi connectivity index (χ0v) is 12.0. The van der Waals surface area contributed by atoms with Gasteiger partial charge in [0.1, 0.15) is 5.82 Å². The summed E-state index contributed by atoms with van der Waals surface area (Å²) in [6.07, 6.45) is 3.52. The predicted molar refractivity (Wildman–Crippen MR) is 76.1 cm³/mol. The molecule has 2 heteroatoms. The molecule has 0 heterocycles. The second-order valence-electron chi connectivity index (χ2n) is 5.30. The Labute approximate surface area is 111 Å². The summed E-state index contributed by atoms with van der Waals surface area (Å²) in [6.45, 7) is 8.83. The minimum Gasteiger partial charge on any atom is -0.307 e. The van der Waals surface area contributed by atoms with Gasteiger partial charge in [-0.2, -0.15) is 0 Å². The highest BCUT2D eigenvalue weighted by Gasteiger charge is 2.14. The quantitative estimate of drug-likeness (QED) is 0.741. The summed E-state index contributed by atoms with van der Waals surface area (Å²) in [4.78, 5) is 0. The molecule has 102 valence electrons. The lowest BCUT2D eigenvalue weighted by Crippen LogP contribution is -2.32. The maximum atomic E-state index is 13.2. The van der Waals surface area contributed by atoms with Gasteiger partial charge in [-0.3, -0.25) is 0 Å². The van der Waals surface area contributed by atoms with Gasteiger partial charge in [0.2, 0.25) is 0 Å². The molecule has 0 aliphatic carbocycles. The van der Waals surface area contributed by atoms with E-state index in [0.717, 1.165) is 17.9 Å². The van der Waals surface area contributed by atoms with E-state index in [1.165, 1.54) is 18.9 Å². The van der Waals surface area contributed by atoms with E-state index in [9.17, 15) is 4.39 Å². The summed E-state index contributed by atoms with van der Waals surface area (Å²) in [5.41, 5.74) is 1.03. The monoisotopic (exact) mass is 251 g/mol. The third-order valence-corrected chi connectivity index (χ3v) is 3.71. The number of benzene rings is 1. The second-order valence-corrected chi connectivity index (χ2v) is 5.30. The van der Waals surface area contributed by atoms with E-state index in [0.29, 0.717) is 6.04 Å². The maximum absolute atomic E-state index is 13.2. The molecule has 1 rings (SSSR count). The van der Waals surface area contributed by atoms with Crippen LogP contribution in [0.15, 0.2) is 24.3 Å². The molecule has 0 bridgehead atoms. The molecule has 0 saturated carbocycles. The van der Waals surface area contributed by atoms with Crippen molar-refractivity contribution in [3.8, 4) is 0 Å². The summed E-state index contributed by atoms with van der Waals surface area (Å²) in [5.74, 6) is 0.582. The van der Waals surface area contributed by atoms with Gasteiger partial charge in [0, 0.05) is 12.1 Å². The van der Waals surface area contributed by atoms with E-state index in [-0.39, 0.29) is 11.9 Å². The minimum absolute atomic E-state index is 0.156. The summed E-state index contributed by atoms with van der Waals surface area (Å²) in [7, 11) is 0. The topological polar surface area (TPSA) is 12.0 Å². The fraction of sp³-hybridized carbons (Fsp3) is 0.625. The molecule has 0 spiro atoms. The van der Waals surface area contributed by atoms with Crippen molar-refractivity contribution in [3.05, 3.63) is 35.6 Å². The van der Waals surface area contributed by atoms with Crippen LogP contribution in [-0.4, -0.2) is 6.04 Å². The Morgan fingerprint density at radius 3 is 2.44 bits per heavy atom. The van der Waals surface area contributed by atoms with Crippen molar-refractivity contribution < 1.29 is 4.39 Å². The van der Waals surface area contributed by atoms with E-state index >= 15 is 0 Å². The molecule has 18 heavy (non-hydrogen) atoms. The third kappa shape index (κ3) is 4.77. The van der Waals surface area contributed by atoms with Crippen LogP contribution in [0.5, 0.6) is 0 Å². The van der Waals surface area contributed by atoms with Crippen LogP contribution in [0.25, 0.3) is 0 Å². The fourth-order valence-electron chi connectivity index (χ4n) is 2.23. The number of nitrogens with one attached hydrogen (secondary N) is 1. The largest absolute Gasteiger partial charge is 0.307 e. The van der Waals surface area contributed by atoms with E-state index in [1.54, 1.807) is 12.1 Å². The van der Waals surface area contributed by atoms with Crippen LogP contribution >= 0.6 is 0 Å². The average Bonchev–Trinajstić information content (AvgIpc) is 2.37. The summed E-state index contributed by atoms with van der Waals surface area (Å²) in [6, 6.07) is 7.59. The lowest BCUT2D eigenvalue weighted by molar-refractivity contribution is 0.358. The molecule has 0 saturated heterocycles. The number of hydrogen-bond donors (Lipinski definition) is 1. The number of rotatable bonds is 7. The lowest BCUT2D eigenvalue weighted by Gasteiger charge is -2.25. The smallest absolute Gasteiger partial charge is 0.123 e. The highest BCUT2D eigenvalue weighted by molar-refractivity contribution is 5.19. The molecule has 1 aromatic rings. The van der Waals surface area contributed by atoms with Crippen molar-refractivity contribution in [1.29, 1.82) is 0 Å². The van der Waals surface area contributed by atoms with Gasteiger partial charge in [-0.05, 0) is 43.4 Å². The van der Waals surface area contributed by atoms with Crippen molar-refractivity contribution in [3.63, 3.8) is 0 Å². The van der Waals surface area contributed by atoms with E-state index < -0.39 is 0 Å². The van der Waals surface area contributed by atoms with E-state index in [4.69, 9.17) is 0 Å². The highest BCUT2D eigenvalue weighted by atomic mass is 19.1. The molecule has 1 nitrogen and oxygen atoms in total. The Bertz CT molecular complexity index is 351. The molecule has 3 atom stereocenters. The Balaban J connectivity index is 2.59. The van der Waals surface area contributed by atoms with Crippen molar-refractivity contribution in [2.45, 2.75) is 59.0 Å². The van der Waals surface area contributed by atoms with Crippen molar-refractivity contribution in [2.75, 3.05) is 0 Å². The van der Waals surface area contributed by atoms with Crippen LogP contribution in [0.4, 0.5) is 4.39 Å². The van der Waals surface area contributed by atoms with Crippen LogP contribution < -0.4 is 5.32 Å². The van der Waals surface area contributed by atoms with Gasteiger partial charge in [0.25, 0.3) is 0 Å². The molecule has 0 aliphatic heterocycles. The molecule has 0 radical (unpaired) electrons. The average molecular weight is 251 g/mol. The Morgan fingerprint density at radius 1 is 1.17 bits per heavy atom. The number of halogens is 1. The third-order valence-electron chi connectivity index (χ3n) is 3.71. The minimum atomic E-state index is -0.156. The van der Waals surface area contributed by atoms with Gasteiger partial charge in [0.05, 0.1) is 0 Å². The van der Waals surface area contributed by atoms with Crippen molar-refractivity contribution in [2.24, 2.45) is 5.92 Å². The summed E-state index contributed by atoms with van der Waals surface area (Å²) < 4.78 is 13.2. The number of hydrogen-bond acceptors (Lipinski definition) is 1. The molecule has 1 N–H and O–H groups in total. The zero-order valence-electron chi connectivity index (χ0n) is 12.0. The zero-order chi connectivity index (χ0) is 13.5. The molecule has 2 unspecified atom stereocenters. The van der Waals surface area contributed by atoms with Crippen molar-refractivity contribution >= 4 is 0 Å². The molecular formula is C16H26FN. The molecule has 0 amide bonds.